The molecule has 2 aromatic rings. The fourth-order valence-electron chi connectivity index (χ4n) is 2.00. The highest BCUT2D eigenvalue weighted by Gasteiger charge is 2.20. The lowest BCUT2D eigenvalue weighted by atomic mass is 10.2. The van der Waals surface area contributed by atoms with Crippen molar-refractivity contribution >= 4 is 21.8 Å². The fraction of sp³-hybridized carbons (Fsp3) is 0.286. The molecule has 8 heteroatoms. The number of carbonyl (C=O) groups excluding carboxylic acids is 1. The highest BCUT2D eigenvalue weighted by atomic mass is 32.2. The summed E-state index contributed by atoms with van der Waals surface area (Å²) in [6.45, 7) is 3.58. The number of anilines is 1. The van der Waals surface area contributed by atoms with Gasteiger partial charge in [-0.25, -0.2) is 13.2 Å². The summed E-state index contributed by atoms with van der Waals surface area (Å²) in [6.07, 6.45) is 0. The molecule has 0 saturated carbocycles. The third-order valence-corrected chi connectivity index (χ3v) is 4.65. The number of hydrogen-bond donors (Lipinski definition) is 1. The SMILES string of the molecule is COC(=O)c1cccc(S(=O)(=O)Nc2c(C)c(C)nn2C)c1. The van der Waals surface area contributed by atoms with Gasteiger partial charge in [0.25, 0.3) is 10.0 Å². The first-order valence-electron chi connectivity index (χ1n) is 6.47. The van der Waals surface area contributed by atoms with Crippen LogP contribution >= 0.6 is 0 Å². The maximum Gasteiger partial charge on any atom is 0.337 e. The van der Waals surface area contributed by atoms with Crippen LogP contribution in [0.3, 0.4) is 0 Å². The Bertz CT molecular complexity index is 825. The van der Waals surface area contributed by atoms with E-state index in [4.69, 9.17) is 0 Å². The molecule has 0 saturated heterocycles. The summed E-state index contributed by atoms with van der Waals surface area (Å²) >= 11 is 0. The first-order chi connectivity index (χ1) is 10.3. The molecule has 0 atom stereocenters. The van der Waals surface area contributed by atoms with Crippen molar-refractivity contribution in [3.8, 4) is 0 Å². The monoisotopic (exact) mass is 323 g/mol. The van der Waals surface area contributed by atoms with E-state index in [1.54, 1.807) is 20.9 Å². The van der Waals surface area contributed by atoms with Gasteiger partial charge in [0.15, 0.2) is 0 Å². The molecule has 0 fully saturated rings. The Morgan fingerprint density at radius 2 is 2.00 bits per heavy atom. The lowest BCUT2D eigenvalue weighted by Crippen LogP contribution is -2.16. The predicted octanol–water partition coefficient (Wildman–Crippen LogP) is 1.62. The second kappa shape index (κ2) is 5.80. The summed E-state index contributed by atoms with van der Waals surface area (Å²) in [5.41, 5.74) is 1.65. The molecule has 0 bridgehead atoms. The van der Waals surface area contributed by atoms with Crippen LogP contribution in [0.5, 0.6) is 0 Å². The van der Waals surface area contributed by atoms with Gasteiger partial charge in [-0.05, 0) is 32.0 Å². The van der Waals surface area contributed by atoms with Crippen molar-refractivity contribution in [2.45, 2.75) is 18.7 Å². The van der Waals surface area contributed by atoms with Crippen molar-refractivity contribution in [2.24, 2.45) is 7.05 Å². The Kier molecular flexibility index (Phi) is 4.23. The van der Waals surface area contributed by atoms with E-state index in [2.05, 4.69) is 14.6 Å². The van der Waals surface area contributed by atoms with Gasteiger partial charge in [-0.15, -0.1) is 0 Å². The number of sulfonamides is 1. The van der Waals surface area contributed by atoms with Gasteiger partial charge >= 0.3 is 5.97 Å². The van der Waals surface area contributed by atoms with Gasteiger partial charge in [0.05, 0.1) is 23.3 Å². The molecule has 7 nitrogen and oxygen atoms in total. The van der Waals surface area contributed by atoms with Crippen LogP contribution in [0.15, 0.2) is 29.2 Å². The number of benzene rings is 1. The quantitative estimate of drug-likeness (QED) is 0.864. The average molecular weight is 323 g/mol. The van der Waals surface area contributed by atoms with Crippen LogP contribution in [0.2, 0.25) is 0 Å². The van der Waals surface area contributed by atoms with Crippen LogP contribution in [-0.4, -0.2) is 31.3 Å². The second-order valence-electron chi connectivity index (χ2n) is 4.81. The molecule has 0 unspecified atom stereocenters. The van der Waals surface area contributed by atoms with E-state index in [0.29, 0.717) is 5.82 Å². The molecule has 1 heterocycles. The number of ether oxygens (including phenoxy) is 1. The van der Waals surface area contributed by atoms with Crippen molar-refractivity contribution in [1.29, 1.82) is 0 Å². The van der Waals surface area contributed by atoms with Crippen LogP contribution in [0.1, 0.15) is 21.6 Å². The minimum atomic E-state index is -3.83. The van der Waals surface area contributed by atoms with Crippen molar-refractivity contribution in [1.82, 2.24) is 9.78 Å². The lowest BCUT2D eigenvalue weighted by Gasteiger charge is -2.10. The van der Waals surface area contributed by atoms with Gasteiger partial charge in [-0.2, -0.15) is 5.10 Å². The molecule has 118 valence electrons. The van der Waals surface area contributed by atoms with Gasteiger partial charge in [0, 0.05) is 12.6 Å². The summed E-state index contributed by atoms with van der Waals surface area (Å²) < 4.78 is 33.5. The largest absolute Gasteiger partial charge is 0.465 e. The number of nitrogens with one attached hydrogen (secondary N) is 1. The number of aromatic nitrogens is 2. The van der Waals surface area contributed by atoms with Crippen LogP contribution in [-0.2, 0) is 21.8 Å². The molecule has 0 radical (unpaired) electrons. The molecule has 22 heavy (non-hydrogen) atoms. The smallest absolute Gasteiger partial charge is 0.337 e. The fourth-order valence-corrected chi connectivity index (χ4v) is 3.20. The molecule has 1 aromatic heterocycles. The maximum atomic E-state index is 12.5. The molecular formula is C14H17N3O4S. The number of aryl methyl sites for hydroxylation is 2. The number of carbonyl (C=O) groups is 1. The van der Waals surface area contributed by atoms with E-state index in [-0.39, 0.29) is 10.5 Å². The zero-order chi connectivity index (χ0) is 16.5. The van der Waals surface area contributed by atoms with Crippen molar-refractivity contribution in [3.05, 3.63) is 41.1 Å². The third kappa shape index (κ3) is 2.96. The Morgan fingerprint density at radius 3 is 2.55 bits per heavy atom. The first-order valence-corrected chi connectivity index (χ1v) is 7.96. The summed E-state index contributed by atoms with van der Waals surface area (Å²) in [4.78, 5) is 11.5. The van der Waals surface area contributed by atoms with Crippen LogP contribution in [0.4, 0.5) is 5.82 Å². The molecule has 0 aliphatic heterocycles. The Labute approximate surface area is 129 Å². The maximum absolute atomic E-state index is 12.5. The van der Waals surface area contributed by atoms with Crippen molar-refractivity contribution in [3.63, 3.8) is 0 Å². The Hall–Kier alpha value is -2.35. The molecular weight excluding hydrogens is 306 g/mol. The normalized spacial score (nSPS) is 11.3. The highest BCUT2D eigenvalue weighted by molar-refractivity contribution is 7.92. The zero-order valence-corrected chi connectivity index (χ0v) is 13.6. The number of hydrogen-bond acceptors (Lipinski definition) is 5. The van der Waals surface area contributed by atoms with Gasteiger partial charge in [0.1, 0.15) is 5.82 Å². The third-order valence-electron chi connectivity index (χ3n) is 3.32. The van der Waals surface area contributed by atoms with Crippen LogP contribution in [0, 0.1) is 13.8 Å². The molecule has 1 N–H and O–H groups in total. The summed E-state index contributed by atoms with van der Waals surface area (Å²) in [6, 6.07) is 5.66. The highest BCUT2D eigenvalue weighted by Crippen LogP contribution is 2.22. The van der Waals surface area contributed by atoms with Gasteiger partial charge in [-0.3, -0.25) is 9.40 Å². The summed E-state index contributed by atoms with van der Waals surface area (Å²) in [5, 5.41) is 4.16. The topological polar surface area (TPSA) is 90.3 Å². The number of esters is 1. The van der Waals surface area contributed by atoms with Crippen molar-refractivity contribution in [2.75, 3.05) is 11.8 Å². The minimum absolute atomic E-state index is 0.0198. The van der Waals surface area contributed by atoms with E-state index in [1.165, 1.54) is 36.1 Å². The first kappa shape index (κ1) is 16.0. The molecule has 0 aliphatic carbocycles. The van der Waals surface area contributed by atoms with Crippen molar-refractivity contribution < 1.29 is 17.9 Å². The van der Waals surface area contributed by atoms with E-state index in [9.17, 15) is 13.2 Å². The van der Waals surface area contributed by atoms with Gasteiger partial charge in [-0.1, -0.05) is 6.07 Å². The number of methoxy groups -OCH3 is 1. The molecule has 0 aliphatic rings. The van der Waals surface area contributed by atoms with Gasteiger partial charge < -0.3 is 4.74 Å². The number of nitrogens with zero attached hydrogens (tertiary/aromatic N) is 2. The van der Waals surface area contributed by atoms with Crippen LogP contribution in [0.25, 0.3) is 0 Å². The van der Waals surface area contributed by atoms with E-state index < -0.39 is 16.0 Å². The summed E-state index contributed by atoms with van der Waals surface area (Å²) in [7, 11) is -0.933. The Balaban J connectivity index is 2.41. The number of rotatable bonds is 4. The Morgan fingerprint density at radius 1 is 1.32 bits per heavy atom. The van der Waals surface area contributed by atoms with Crippen LogP contribution < -0.4 is 4.72 Å². The second-order valence-corrected chi connectivity index (χ2v) is 6.49. The molecule has 2 rings (SSSR count). The zero-order valence-electron chi connectivity index (χ0n) is 12.7. The molecule has 1 aromatic carbocycles. The molecule has 0 amide bonds. The lowest BCUT2D eigenvalue weighted by molar-refractivity contribution is 0.0600. The van der Waals surface area contributed by atoms with Gasteiger partial charge in [0.2, 0.25) is 0 Å². The van der Waals surface area contributed by atoms with E-state index in [1.807, 2.05) is 0 Å². The van der Waals surface area contributed by atoms with E-state index >= 15 is 0 Å². The standard InChI is InChI=1S/C14H17N3O4S/c1-9-10(2)15-17(3)13(9)16-22(19,20)12-7-5-6-11(8-12)14(18)21-4/h5-8,16H,1-4H3. The average Bonchev–Trinajstić information content (AvgIpc) is 2.73. The molecule has 0 spiro atoms. The summed E-state index contributed by atoms with van der Waals surface area (Å²) in [5.74, 6) is -0.203. The predicted molar refractivity (Wildman–Crippen MR) is 81.3 cm³/mol. The van der Waals surface area contributed by atoms with E-state index in [0.717, 1.165) is 11.3 Å². The minimum Gasteiger partial charge on any atom is -0.465 e.